The molecule has 0 heterocycles. The highest BCUT2D eigenvalue weighted by Gasteiger charge is 2.08. The second kappa shape index (κ2) is 3.94. The molecule has 0 N–H and O–H groups in total. The molecule has 9 heavy (non-hydrogen) atoms. The van der Waals surface area contributed by atoms with Crippen LogP contribution in [0.25, 0.3) is 0 Å². The van der Waals surface area contributed by atoms with Crippen molar-refractivity contribution in [1.29, 1.82) is 0 Å². The molecule has 1 heteroatoms. The van der Waals surface area contributed by atoms with Crippen LogP contribution >= 0.6 is 11.6 Å². The summed E-state index contributed by atoms with van der Waals surface area (Å²) in [5.74, 6) is 0.628. The van der Waals surface area contributed by atoms with E-state index in [9.17, 15) is 0 Å². The molecule has 0 saturated carbocycles. The van der Waals surface area contributed by atoms with Crippen molar-refractivity contribution >= 4 is 11.6 Å². The lowest BCUT2D eigenvalue weighted by atomic mass is 9.90. The standard InChI is InChI=1S/C8H15Cl/c1-4-8(2,3)6-5-7-9/h5-6H,4,7H2,1-3H3. The molecule has 0 bridgehead atoms. The SMILES string of the molecule is CCC(C)(C)C=CCCl. The maximum atomic E-state index is 5.48. The van der Waals surface area contributed by atoms with Crippen LogP contribution < -0.4 is 0 Å². The van der Waals surface area contributed by atoms with E-state index in [1.54, 1.807) is 0 Å². The molecular weight excluding hydrogens is 132 g/mol. The summed E-state index contributed by atoms with van der Waals surface area (Å²) in [4.78, 5) is 0. The monoisotopic (exact) mass is 146 g/mol. The first-order valence-electron chi connectivity index (χ1n) is 3.36. The molecule has 0 fully saturated rings. The van der Waals surface area contributed by atoms with E-state index in [-0.39, 0.29) is 0 Å². The van der Waals surface area contributed by atoms with Crippen molar-refractivity contribution in [2.75, 3.05) is 5.88 Å². The van der Waals surface area contributed by atoms with Gasteiger partial charge in [0.1, 0.15) is 0 Å². The zero-order valence-electron chi connectivity index (χ0n) is 6.45. The van der Waals surface area contributed by atoms with Gasteiger partial charge in [0.05, 0.1) is 0 Å². The van der Waals surface area contributed by atoms with Crippen LogP contribution in [0.4, 0.5) is 0 Å². The van der Waals surface area contributed by atoms with Crippen molar-refractivity contribution in [1.82, 2.24) is 0 Å². The molecule has 0 unspecified atom stereocenters. The average molecular weight is 147 g/mol. The van der Waals surface area contributed by atoms with Gasteiger partial charge in [0.25, 0.3) is 0 Å². The Bertz CT molecular complexity index is 92.7. The zero-order chi connectivity index (χ0) is 7.33. The highest BCUT2D eigenvalue weighted by atomic mass is 35.5. The smallest absolute Gasteiger partial charge is 0.0404 e. The van der Waals surface area contributed by atoms with E-state index in [0.717, 1.165) is 0 Å². The van der Waals surface area contributed by atoms with Crippen LogP contribution in [0.2, 0.25) is 0 Å². The molecule has 0 aromatic rings. The summed E-state index contributed by atoms with van der Waals surface area (Å²) >= 11 is 5.48. The zero-order valence-corrected chi connectivity index (χ0v) is 7.20. The van der Waals surface area contributed by atoms with Crippen LogP contribution in [0.3, 0.4) is 0 Å². The predicted molar refractivity (Wildman–Crippen MR) is 43.9 cm³/mol. The van der Waals surface area contributed by atoms with Crippen LogP contribution in [-0.2, 0) is 0 Å². The van der Waals surface area contributed by atoms with Gasteiger partial charge < -0.3 is 0 Å². The van der Waals surface area contributed by atoms with Gasteiger partial charge in [-0.05, 0) is 11.8 Å². The third-order valence-corrected chi connectivity index (χ3v) is 1.75. The van der Waals surface area contributed by atoms with Crippen molar-refractivity contribution in [2.45, 2.75) is 27.2 Å². The highest BCUT2D eigenvalue weighted by molar-refractivity contribution is 6.18. The van der Waals surface area contributed by atoms with Crippen LogP contribution in [0.1, 0.15) is 27.2 Å². The van der Waals surface area contributed by atoms with E-state index in [4.69, 9.17) is 11.6 Å². The van der Waals surface area contributed by atoms with Crippen molar-refractivity contribution in [3.63, 3.8) is 0 Å². The molecule has 0 radical (unpaired) electrons. The molecule has 0 aliphatic rings. The van der Waals surface area contributed by atoms with Gasteiger partial charge in [0.2, 0.25) is 0 Å². The van der Waals surface area contributed by atoms with Gasteiger partial charge in [-0.25, -0.2) is 0 Å². The summed E-state index contributed by atoms with van der Waals surface area (Å²) in [6, 6.07) is 0. The maximum absolute atomic E-state index is 5.48. The normalized spacial score (nSPS) is 12.9. The van der Waals surface area contributed by atoms with Gasteiger partial charge >= 0.3 is 0 Å². The predicted octanol–water partition coefficient (Wildman–Crippen LogP) is 3.22. The fourth-order valence-electron chi connectivity index (χ4n) is 0.481. The van der Waals surface area contributed by atoms with Gasteiger partial charge in [0.15, 0.2) is 0 Å². The number of hydrogen-bond donors (Lipinski definition) is 0. The van der Waals surface area contributed by atoms with Gasteiger partial charge in [0, 0.05) is 5.88 Å². The van der Waals surface area contributed by atoms with Gasteiger partial charge in [-0.1, -0.05) is 32.9 Å². The molecule has 0 aliphatic carbocycles. The first kappa shape index (κ1) is 9.03. The van der Waals surface area contributed by atoms with Gasteiger partial charge in [-0.2, -0.15) is 0 Å². The molecule has 0 rings (SSSR count). The van der Waals surface area contributed by atoms with Crippen molar-refractivity contribution in [3.05, 3.63) is 12.2 Å². The Labute approximate surface area is 62.9 Å². The number of allylic oxidation sites excluding steroid dienone is 2. The van der Waals surface area contributed by atoms with E-state index in [0.29, 0.717) is 11.3 Å². The Hall–Kier alpha value is 0.0300. The second-order valence-electron chi connectivity index (χ2n) is 2.90. The number of alkyl halides is 1. The topological polar surface area (TPSA) is 0 Å². The molecule has 0 aliphatic heterocycles. The summed E-state index contributed by atoms with van der Waals surface area (Å²) in [5.41, 5.74) is 0.328. The van der Waals surface area contributed by atoms with Crippen LogP contribution in [0.15, 0.2) is 12.2 Å². The Morgan fingerprint density at radius 2 is 2.00 bits per heavy atom. The van der Waals surface area contributed by atoms with Crippen molar-refractivity contribution in [2.24, 2.45) is 5.41 Å². The van der Waals surface area contributed by atoms with Gasteiger partial charge in [-0.3, -0.25) is 0 Å². The minimum atomic E-state index is 0.328. The number of hydrogen-bond acceptors (Lipinski definition) is 0. The Morgan fingerprint density at radius 3 is 2.33 bits per heavy atom. The van der Waals surface area contributed by atoms with E-state index >= 15 is 0 Å². The average Bonchev–Trinajstić information content (AvgIpc) is 1.84. The van der Waals surface area contributed by atoms with Crippen LogP contribution in [0.5, 0.6) is 0 Å². The fraction of sp³-hybridized carbons (Fsp3) is 0.750. The molecule has 0 spiro atoms. The summed E-state index contributed by atoms with van der Waals surface area (Å²) in [5, 5.41) is 0. The third-order valence-electron chi connectivity index (χ3n) is 1.57. The van der Waals surface area contributed by atoms with E-state index in [2.05, 4.69) is 26.8 Å². The summed E-state index contributed by atoms with van der Waals surface area (Å²) in [6.07, 6.45) is 5.34. The minimum absolute atomic E-state index is 0.328. The Balaban J connectivity index is 3.70. The number of rotatable bonds is 3. The first-order chi connectivity index (χ1) is 4.12. The molecule has 0 nitrogen and oxygen atoms in total. The number of halogens is 1. The molecule has 0 saturated heterocycles. The second-order valence-corrected chi connectivity index (χ2v) is 3.21. The Kier molecular flexibility index (Phi) is 3.96. The van der Waals surface area contributed by atoms with E-state index in [1.807, 2.05) is 6.08 Å². The van der Waals surface area contributed by atoms with Crippen LogP contribution in [0, 0.1) is 5.41 Å². The molecule has 0 amide bonds. The quantitative estimate of drug-likeness (QED) is 0.424. The fourth-order valence-corrected chi connectivity index (χ4v) is 0.571. The lowest BCUT2D eigenvalue weighted by Crippen LogP contribution is -2.03. The van der Waals surface area contributed by atoms with Gasteiger partial charge in [-0.15, -0.1) is 11.6 Å². The van der Waals surface area contributed by atoms with Crippen LogP contribution in [-0.4, -0.2) is 5.88 Å². The minimum Gasteiger partial charge on any atom is -0.122 e. The van der Waals surface area contributed by atoms with E-state index < -0.39 is 0 Å². The third kappa shape index (κ3) is 4.53. The summed E-state index contributed by atoms with van der Waals surface area (Å²) in [7, 11) is 0. The van der Waals surface area contributed by atoms with E-state index in [1.165, 1.54) is 6.42 Å². The lowest BCUT2D eigenvalue weighted by molar-refractivity contribution is 0.462. The van der Waals surface area contributed by atoms with Crippen molar-refractivity contribution < 1.29 is 0 Å². The maximum Gasteiger partial charge on any atom is 0.0404 e. The lowest BCUT2D eigenvalue weighted by Gasteiger charge is -2.16. The molecule has 0 aromatic heterocycles. The Morgan fingerprint density at radius 1 is 1.44 bits per heavy atom. The van der Waals surface area contributed by atoms with Crippen molar-refractivity contribution in [3.8, 4) is 0 Å². The highest BCUT2D eigenvalue weighted by Crippen LogP contribution is 2.20. The summed E-state index contributed by atoms with van der Waals surface area (Å²) < 4.78 is 0. The molecular formula is C8H15Cl. The molecule has 0 aromatic carbocycles. The first-order valence-corrected chi connectivity index (χ1v) is 3.89. The summed E-state index contributed by atoms with van der Waals surface area (Å²) in [6.45, 7) is 6.59. The molecule has 0 atom stereocenters. The largest absolute Gasteiger partial charge is 0.122 e. The molecule has 54 valence electrons.